The lowest BCUT2D eigenvalue weighted by atomic mass is 9.95. The Morgan fingerprint density at radius 1 is 1.35 bits per heavy atom. The number of nitrogens with one attached hydrogen (secondary N) is 1. The van der Waals surface area contributed by atoms with Crippen LogP contribution in [0.1, 0.15) is 50.2 Å². The largest absolute Gasteiger partial charge is 0.326 e. The maximum Gasteiger partial charge on any atom is 0.224 e. The number of hydrogen-bond donors (Lipinski definition) is 1. The van der Waals surface area contributed by atoms with Gasteiger partial charge in [0.2, 0.25) is 5.91 Å². The fraction of sp³-hybridized carbons (Fsp3) is 0.368. The Balaban J connectivity index is 1.88. The maximum absolute atomic E-state index is 11.5. The summed E-state index contributed by atoms with van der Waals surface area (Å²) in [5, 5.41) is 2.95. The van der Waals surface area contributed by atoms with Gasteiger partial charge in [-0.2, -0.15) is 0 Å². The summed E-state index contributed by atoms with van der Waals surface area (Å²) < 4.78 is 2.00. The highest BCUT2D eigenvalue weighted by Gasteiger charge is 2.15. The highest BCUT2D eigenvalue weighted by Crippen LogP contribution is 2.29. The molecule has 2 heterocycles. The summed E-state index contributed by atoms with van der Waals surface area (Å²) in [6.07, 6.45) is 13.8. The first-order valence-electron chi connectivity index (χ1n) is 8.37. The molecule has 1 amide bonds. The van der Waals surface area contributed by atoms with Crippen LogP contribution < -0.4 is 5.32 Å². The standard InChI is InChI=1S/C19H23N3O/c1-2-3-4-5-17(13-22-11-10-20-14-22)15-6-8-18-16(12-15)7-9-19(23)21-18/h6,8,10-14H,2-5,7,9H2,1H3,(H,21,23)/b17-13-. The van der Waals surface area contributed by atoms with Gasteiger partial charge in [0.1, 0.15) is 0 Å². The summed E-state index contributed by atoms with van der Waals surface area (Å²) in [6.45, 7) is 2.22. The molecule has 2 aromatic rings. The summed E-state index contributed by atoms with van der Waals surface area (Å²) in [6, 6.07) is 6.37. The van der Waals surface area contributed by atoms with Gasteiger partial charge in [0.05, 0.1) is 6.33 Å². The molecule has 0 spiro atoms. The number of amides is 1. The van der Waals surface area contributed by atoms with Crippen molar-refractivity contribution in [3.05, 3.63) is 48.0 Å². The minimum atomic E-state index is 0.113. The van der Waals surface area contributed by atoms with E-state index >= 15 is 0 Å². The molecule has 3 rings (SSSR count). The molecule has 1 aromatic carbocycles. The van der Waals surface area contributed by atoms with Crippen LogP contribution in [0.5, 0.6) is 0 Å². The number of allylic oxidation sites excluding steroid dienone is 1. The van der Waals surface area contributed by atoms with E-state index in [-0.39, 0.29) is 5.91 Å². The second-order valence-corrected chi connectivity index (χ2v) is 6.04. The summed E-state index contributed by atoms with van der Waals surface area (Å²) in [5.74, 6) is 0.113. The van der Waals surface area contributed by atoms with E-state index in [0.717, 1.165) is 18.5 Å². The van der Waals surface area contributed by atoms with Crippen molar-refractivity contribution >= 4 is 23.4 Å². The Kier molecular flexibility index (Phi) is 4.91. The number of carbonyl (C=O) groups excluding carboxylic acids is 1. The predicted octanol–water partition coefficient (Wildman–Crippen LogP) is 4.35. The molecular weight excluding hydrogens is 286 g/mol. The van der Waals surface area contributed by atoms with Crippen molar-refractivity contribution in [2.45, 2.75) is 45.4 Å². The number of anilines is 1. The van der Waals surface area contributed by atoms with E-state index in [9.17, 15) is 4.79 Å². The second kappa shape index (κ2) is 7.27. The number of rotatable bonds is 6. The first-order valence-corrected chi connectivity index (χ1v) is 8.37. The zero-order valence-corrected chi connectivity index (χ0v) is 13.6. The van der Waals surface area contributed by atoms with Gasteiger partial charge in [-0.05, 0) is 48.1 Å². The number of fused-ring (bicyclic) bond motifs is 1. The van der Waals surface area contributed by atoms with Crippen molar-refractivity contribution in [3.63, 3.8) is 0 Å². The van der Waals surface area contributed by atoms with E-state index in [1.807, 2.05) is 23.2 Å². The molecule has 4 nitrogen and oxygen atoms in total. The summed E-state index contributed by atoms with van der Waals surface area (Å²) in [5.41, 5.74) is 4.75. The van der Waals surface area contributed by atoms with Crippen molar-refractivity contribution in [2.24, 2.45) is 0 Å². The lowest BCUT2D eigenvalue weighted by molar-refractivity contribution is -0.116. The molecule has 0 saturated carbocycles. The summed E-state index contributed by atoms with van der Waals surface area (Å²) in [4.78, 5) is 15.6. The van der Waals surface area contributed by atoms with Gasteiger partial charge in [-0.3, -0.25) is 4.79 Å². The SMILES string of the molecule is CCCCC/C(=C/n1ccnc1)c1ccc2c(c1)CCC(=O)N2. The van der Waals surface area contributed by atoms with Crippen LogP contribution >= 0.6 is 0 Å². The molecule has 0 atom stereocenters. The minimum absolute atomic E-state index is 0.113. The van der Waals surface area contributed by atoms with Crippen LogP contribution in [-0.4, -0.2) is 15.5 Å². The number of hydrogen-bond acceptors (Lipinski definition) is 2. The van der Waals surface area contributed by atoms with Gasteiger partial charge < -0.3 is 9.88 Å². The number of aryl methyl sites for hydroxylation is 1. The molecular formula is C19H23N3O. The van der Waals surface area contributed by atoms with E-state index in [4.69, 9.17) is 0 Å². The third-order valence-electron chi connectivity index (χ3n) is 4.25. The van der Waals surface area contributed by atoms with Gasteiger partial charge in [-0.25, -0.2) is 4.98 Å². The van der Waals surface area contributed by atoms with Crippen molar-refractivity contribution in [1.29, 1.82) is 0 Å². The van der Waals surface area contributed by atoms with Crippen LogP contribution in [0.4, 0.5) is 5.69 Å². The Morgan fingerprint density at radius 3 is 3.04 bits per heavy atom. The van der Waals surface area contributed by atoms with Gasteiger partial charge in [0, 0.05) is 30.7 Å². The number of aromatic nitrogens is 2. The average Bonchev–Trinajstić information content (AvgIpc) is 3.07. The minimum Gasteiger partial charge on any atom is -0.326 e. The summed E-state index contributed by atoms with van der Waals surface area (Å²) in [7, 11) is 0. The van der Waals surface area contributed by atoms with Gasteiger partial charge in [0.15, 0.2) is 0 Å². The summed E-state index contributed by atoms with van der Waals surface area (Å²) >= 11 is 0. The third kappa shape index (κ3) is 3.89. The quantitative estimate of drug-likeness (QED) is 0.807. The van der Waals surface area contributed by atoms with Crippen LogP contribution in [-0.2, 0) is 11.2 Å². The Hall–Kier alpha value is -2.36. The molecule has 0 unspecified atom stereocenters. The first-order chi connectivity index (χ1) is 11.3. The molecule has 1 aliphatic rings. The zero-order valence-electron chi connectivity index (χ0n) is 13.6. The Morgan fingerprint density at radius 2 is 2.26 bits per heavy atom. The fourth-order valence-corrected chi connectivity index (χ4v) is 2.96. The van der Waals surface area contributed by atoms with E-state index in [0.29, 0.717) is 6.42 Å². The molecule has 23 heavy (non-hydrogen) atoms. The van der Waals surface area contributed by atoms with E-state index < -0.39 is 0 Å². The highest BCUT2D eigenvalue weighted by molar-refractivity contribution is 5.94. The van der Waals surface area contributed by atoms with E-state index in [2.05, 4.69) is 35.6 Å². The smallest absolute Gasteiger partial charge is 0.224 e. The normalized spacial score (nSPS) is 14.5. The number of carbonyl (C=O) groups is 1. The van der Waals surface area contributed by atoms with Crippen molar-refractivity contribution in [3.8, 4) is 0 Å². The highest BCUT2D eigenvalue weighted by atomic mass is 16.1. The molecule has 0 radical (unpaired) electrons. The molecule has 0 fully saturated rings. The maximum atomic E-state index is 11.5. The topological polar surface area (TPSA) is 46.9 Å². The molecule has 1 aromatic heterocycles. The Bertz CT molecular complexity index is 701. The van der Waals surface area contributed by atoms with Crippen LogP contribution in [0.3, 0.4) is 0 Å². The second-order valence-electron chi connectivity index (χ2n) is 6.04. The third-order valence-corrected chi connectivity index (χ3v) is 4.25. The lowest BCUT2D eigenvalue weighted by Crippen LogP contribution is -2.18. The van der Waals surface area contributed by atoms with E-state index in [1.54, 1.807) is 6.20 Å². The van der Waals surface area contributed by atoms with Gasteiger partial charge >= 0.3 is 0 Å². The van der Waals surface area contributed by atoms with Crippen molar-refractivity contribution in [2.75, 3.05) is 5.32 Å². The van der Waals surface area contributed by atoms with Crippen molar-refractivity contribution in [1.82, 2.24) is 9.55 Å². The first kappa shape index (κ1) is 15.5. The van der Waals surface area contributed by atoms with Crippen LogP contribution in [0.15, 0.2) is 36.9 Å². The van der Waals surface area contributed by atoms with Gasteiger partial charge in [-0.1, -0.05) is 25.8 Å². The van der Waals surface area contributed by atoms with E-state index in [1.165, 1.54) is 36.0 Å². The molecule has 1 aliphatic heterocycles. The molecule has 0 aliphatic carbocycles. The zero-order chi connectivity index (χ0) is 16.1. The lowest BCUT2D eigenvalue weighted by Gasteiger charge is -2.18. The van der Waals surface area contributed by atoms with Crippen LogP contribution in [0, 0.1) is 0 Å². The molecule has 0 saturated heterocycles. The predicted molar refractivity (Wildman–Crippen MR) is 93.9 cm³/mol. The molecule has 120 valence electrons. The molecule has 4 heteroatoms. The van der Waals surface area contributed by atoms with Crippen molar-refractivity contribution < 1.29 is 4.79 Å². The number of nitrogens with zero attached hydrogens (tertiary/aromatic N) is 2. The van der Waals surface area contributed by atoms with Crippen LogP contribution in [0.2, 0.25) is 0 Å². The number of imidazole rings is 1. The van der Waals surface area contributed by atoms with Crippen LogP contribution in [0.25, 0.3) is 11.8 Å². The number of benzene rings is 1. The number of unbranched alkanes of at least 4 members (excludes halogenated alkanes) is 2. The monoisotopic (exact) mass is 309 g/mol. The van der Waals surface area contributed by atoms with Gasteiger partial charge in [-0.15, -0.1) is 0 Å². The molecule has 1 N–H and O–H groups in total. The molecule has 0 bridgehead atoms. The van der Waals surface area contributed by atoms with Gasteiger partial charge in [0.25, 0.3) is 0 Å². The fourth-order valence-electron chi connectivity index (χ4n) is 2.96. The average molecular weight is 309 g/mol. The Labute approximate surface area is 137 Å².